The van der Waals surface area contributed by atoms with Crippen LogP contribution in [0, 0.1) is 5.92 Å². The lowest BCUT2D eigenvalue weighted by Gasteiger charge is -2.17. The summed E-state index contributed by atoms with van der Waals surface area (Å²) in [4.78, 5) is 0.254. The summed E-state index contributed by atoms with van der Waals surface area (Å²) in [6.07, 6.45) is 3.09. The Kier molecular flexibility index (Phi) is 7.14. The largest absolute Gasteiger partial charge is 0.399 e. The van der Waals surface area contributed by atoms with E-state index in [1.165, 1.54) is 6.07 Å². The van der Waals surface area contributed by atoms with Crippen molar-refractivity contribution in [2.75, 3.05) is 18.9 Å². The summed E-state index contributed by atoms with van der Waals surface area (Å²) in [5, 5.41) is 9.03. The zero-order valence-electron chi connectivity index (χ0n) is 12.8. The molecule has 0 aliphatic carbocycles. The van der Waals surface area contributed by atoms with Gasteiger partial charge >= 0.3 is 0 Å². The van der Waals surface area contributed by atoms with E-state index in [-0.39, 0.29) is 17.4 Å². The maximum Gasteiger partial charge on any atom is 0.240 e. The molecule has 0 aromatic heterocycles. The van der Waals surface area contributed by atoms with Crippen LogP contribution >= 0.6 is 0 Å². The predicted octanol–water partition coefficient (Wildman–Crippen LogP) is 1.91. The minimum Gasteiger partial charge on any atom is -0.399 e. The van der Waals surface area contributed by atoms with Crippen molar-refractivity contribution in [2.45, 2.75) is 44.4 Å². The summed E-state index contributed by atoms with van der Waals surface area (Å²) in [5.41, 5.74) is 6.90. The Hall–Kier alpha value is -1.11. The SMILES string of the molecule is CCCC(CCO)CNS(=O)(=O)c1cc(N)ccc1CC. The van der Waals surface area contributed by atoms with Crippen LogP contribution in [0.15, 0.2) is 23.1 Å². The normalized spacial score (nSPS) is 13.3. The molecule has 0 spiro atoms. The molecule has 0 saturated heterocycles. The predicted molar refractivity (Wildman–Crippen MR) is 85.5 cm³/mol. The molecule has 21 heavy (non-hydrogen) atoms. The molecule has 0 heterocycles. The van der Waals surface area contributed by atoms with E-state index in [0.29, 0.717) is 25.1 Å². The third-order valence-electron chi connectivity index (χ3n) is 3.56. The minimum absolute atomic E-state index is 0.0743. The Labute approximate surface area is 127 Å². The van der Waals surface area contributed by atoms with E-state index in [4.69, 9.17) is 10.8 Å². The first-order chi connectivity index (χ1) is 9.94. The van der Waals surface area contributed by atoms with Crippen LogP contribution in [0.3, 0.4) is 0 Å². The van der Waals surface area contributed by atoms with E-state index in [1.54, 1.807) is 12.1 Å². The summed E-state index contributed by atoms with van der Waals surface area (Å²) in [6, 6.07) is 4.96. The second-order valence-corrected chi connectivity index (χ2v) is 6.97. The van der Waals surface area contributed by atoms with E-state index in [1.807, 2.05) is 13.8 Å². The molecule has 4 N–H and O–H groups in total. The number of sulfonamides is 1. The molecule has 0 radical (unpaired) electrons. The average molecular weight is 314 g/mol. The molecule has 0 amide bonds. The second kappa shape index (κ2) is 8.36. The monoisotopic (exact) mass is 314 g/mol. The molecule has 1 aromatic rings. The van der Waals surface area contributed by atoms with Gasteiger partial charge in [-0.1, -0.05) is 26.3 Å². The maximum absolute atomic E-state index is 12.4. The van der Waals surface area contributed by atoms with Gasteiger partial charge in [-0.2, -0.15) is 0 Å². The van der Waals surface area contributed by atoms with E-state index in [2.05, 4.69) is 4.72 Å². The van der Waals surface area contributed by atoms with E-state index in [9.17, 15) is 8.42 Å². The topological polar surface area (TPSA) is 92.4 Å². The zero-order valence-corrected chi connectivity index (χ0v) is 13.6. The molecule has 0 bridgehead atoms. The van der Waals surface area contributed by atoms with Crippen LogP contribution in [0.4, 0.5) is 5.69 Å². The number of aliphatic hydroxyl groups is 1. The molecule has 0 saturated carbocycles. The van der Waals surface area contributed by atoms with Crippen molar-refractivity contribution in [3.8, 4) is 0 Å². The number of nitrogens with one attached hydrogen (secondary N) is 1. The van der Waals surface area contributed by atoms with Crippen molar-refractivity contribution in [3.63, 3.8) is 0 Å². The smallest absolute Gasteiger partial charge is 0.240 e. The van der Waals surface area contributed by atoms with Gasteiger partial charge in [0.2, 0.25) is 10.0 Å². The zero-order chi connectivity index (χ0) is 15.9. The lowest BCUT2D eigenvalue weighted by molar-refractivity contribution is 0.251. The van der Waals surface area contributed by atoms with Gasteiger partial charge in [0.15, 0.2) is 0 Å². The van der Waals surface area contributed by atoms with Gasteiger partial charge in [0.05, 0.1) is 4.90 Å². The number of nitrogens with two attached hydrogens (primary N) is 1. The highest BCUT2D eigenvalue weighted by Gasteiger charge is 2.19. The number of hydrogen-bond donors (Lipinski definition) is 3. The summed E-state index contributed by atoms with van der Waals surface area (Å²) < 4.78 is 27.5. The molecule has 6 heteroatoms. The molecule has 1 aromatic carbocycles. The lowest BCUT2D eigenvalue weighted by Crippen LogP contribution is -2.30. The average Bonchev–Trinajstić information content (AvgIpc) is 2.45. The van der Waals surface area contributed by atoms with Crippen LogP contribution in [0.25, 0.3) is 0 Å². The van der Waals surface area contributed by atoms with Gasteiger partial charge in [0.1, 0.15) is 0 Å². The fourth-order valence-electron chi connectivity index (χ4n) is 2.36. The Bertz CT molecular complexity index is 538. The number of aliphatic hydroxyl groups excluding tert-OH is 1. The Morgan fingerprint density at radius 3 is 2.57 bits per heavy atom. The van der Waals surface area contributed by atoms with Gasteiger partial charge in [-0.25, -0.2) is 13.1 Å². The first-order valence-electron chi connectivity index (χ1n) is 7.43. The van der Waals surface area contributed by atoms with Crippen molar-refractivity contribution in [3.05, 3.63) is 23.8 Å². The summed E-state index contributed by atoms with van der Waals surface area (Å²) >= 11 is 0. The van der Waals surface area contributed by atoms with Gasteiger partial charge in [-0.3, -0.25) is 0 Å². The van der Waals surface area contributed by atoms with Crippen molar-refractivity contribution in [2.24, 2.45) is 5.92 Å². The Morgan fingerprint density at radius 2 is 2.00 bits per heavy atom. The molecule has 5 nitrogen and oxygen atoms in total. The van der Waals surface area contributed by atoms with Gasteiger partial charge in [-0.15, -0.1) is 0 Å². The van der Waals surface area contributed by atoms with Crippen LogP contribution in [-0.4, -0.2) is 26.7 Å². The first kappa shape index (κ1) is 17.9. The number of anilines is 1. The van der Waals surface area contributed by atoms with E-state index in [0.717, 1.165) is 18.4 Å². The quantitative estimate of drug-likeness (QED) is 0.607. The first-order valence-corrected chi connectivity index (χ1v) is 8.91. The third-order valence-corrected chi connectivity index (χ3v) is 5.06. The molecule has 0 aliphatic rings. The molecule has 120 valence electrons. The van der Waals surface area contributed by atoms with Crippen molar-refractivity contribution < 1.29 is 13.5 Å². The fourth-order valence-corrected chi connectivity index (χ4v) is 3.82. The van der Waals surface area contributed by atoms with Gasteiger partial charge in [0.25, 0.3) is 0 Å². The number of rotatable bonds is 9. The Balaban J connectivity index is 2.88. The summed E-state index contributed by atoms with van der Waals surface area (Å²) in [6.45, 7) is 4.38. The fraction of sp³-hybridized carbons (Fsp3) is 0.600. The maximum atomic E-state index is 12.4. The number of hydrogen-bond acceptors (Lipinski definition) is 4. The minimum atomic E-state index is -3.57. The highest BCUT2D eigenvalue weighted by atomic mass is 32.2. The summed E-state index contributed by atoms with van der Waals surface area (Å²) in [5.74, 6) is 0.154. The van der Waals surface area contributed by atoms with E-state index >= 15 is 0 Å². The standard InChI is InChI=1S/C15H26N2O3S/c1-3-5-12(8-9-18)11-17-21(19,20)15-10-14(16)7-6-13(15)4-2/h6-7,10,12,17-18H,3-5,8-9,11,16H2,1-2H3. The molecule has 1 unspecified atom stereocenters. The van der Waals surface area contributed by atoms with Crippen LogP contribution < -0.4 is 10.5 Å². The van der Waals surface area contributed by atoms with Crippen LogP contribution in [0.2, 0.25) is 0 Å². The molecular weight excluding hydrogens is 288 g/mol. The van der Waals surface area contributed by atoms with Crippen LogP contribution in [-0.2, 0) is 16.4 Å². The van der Waals surface area contributed by atoms with Crippen molar-refractivity contribution in [1.82, 2.24) is 4.72 Å². The molecule has 0 fully saturated rings. The molecular formula is C15H26N2O3S. The van der Waals surface area contributed by atoms with Gasteiger partial charge in [-0.05, 0) is 42.9 Å². The van der Waals surface area contributed by atoms with E-state index < -0.39 is 10.0 Å². The van der Waals surface area contributed by atoms with Crippen LogP contribution in [0.5, 0.6) is 0 Å². The molecule has 0 aliphatic heterocycles. The van der Waals surface area contributed by atoms with Crippen molar-refractivity contribution >= 4 is 15.7 Å². The lowest BCUT2D eigenvalue weighted by atomic mass is 10.0. The van der Waals surface area contributed by atoms with Gasteiger partial charge < -0.3 is 10.8 Å². The van der Waals surface area contributed by atoms with Crippen molar-refractivity contribution in [1.29, 1.82) is 0 Å². The number of aryl methyl sites for hydroxylation is 1. The second-order valence-electron chi connectivity index (χ2n) is 5.24. The third kappa shape index (κ3) is 5.30. The van der Waals surface area contributed by atoms with Crippen LogP contribution in [0.1, 0.15) is 38.7 Å². The highest BCUT2D eigenvalue weighted by molar-refractivity contribution is 7.89. The number of benzene rings is 1. The molecule has 1 atom stereocenters. The highest BCUT2D eigenvalue weighted by Crippen LogP contribution is 2.20. The number of nitrogen functional groups attached to an aromatic ring is 1. The summed E-state index contributed by atoms with van der Waals surface area (Å²) in [7, 11) is -3.57. The molecule has 1 rings (SSSR count). The Morgan fingerprint density at radius 1 is 1.29 bits per heavy atom. The van der Waals surface area contributed by atoms with Gasteiger partial charge in [0, 0.05) is 18.8 Å².